The lowest BCUT2D eigenvalue weighted by Gasteiger charge is -2.44. The monoisotopic (exact) mass is 449 g/mol. The molecule has 0 saturated carbocycles. The summed E-state index contributed by atoms with van der Waals surface area (Å²) >= 11 is 0. The first-order chi connectivity index (χ1) is 15.7. The lowest BCUT2D eigenvalue weighted by atomic mass is 9.87. The van der Waals surface area contributed by atoms with E-state index in [0.29, 0.717) is 6.54 Å². The molecule has 0 aliphatic carbocycles. The van der Waals surface area contributed by atoms with E-state index >= 15 is 0 Å². The van der Waals surface area contributed by atoms with Crippen LogP contribution in [0.2, 0.25) is 0 Å². The van der Waals surface area contributed by atoms with Crippen molar-refractivity contribution in [2.45, 2.75) is 65.1 Å². The van der Waals surface area contributed by atoms with Crippen molar-refractivity contribution in [3.63, 3.8) is 0 Å². The number of hydrogen-bond donors (Lipinski definition) is 1. The predicted octanol–water partition coefficient (Wildman–Crippen LogP) is 6.06. The summed E-state index contributed by atoms with van der Waals surface area (Å²) in [4.78, 5) is 12.7. The van der Waals surface area contributed by atoms with Crippen molar-refractivity contribution in [2.75, 3.05) is 5.32 Å². The molecule has 2 atom stereocenters. The third-order valence-electron chi connectivity index (χ3n) is 5.64. The molecule has 1 aliphatic heterocycles. The molecule has 4 rings (SSSR count). The van der Waals surface area contributed by atoms with Gasteiger partial charge in [-0.2, -0.15) is 0 Å². The zero-order valence-electron chi connectivity index (χ0n) is 19.8. The quantitative estimate of drug-likeness (QED) is 0.442. The lowest BCUT2D eigenvalue weighted by molar-refractivity contribution is -0.152. The average Bonchev–Trinajstić information content (AvgIpc) is 3.30. The molecule has 3 aromatic rings. The summed E-state index contributed by atoms with van der Waals surface area (Å²) in [6.45, 7) is 10.5. The Balaban J connectivity index is 1.61. The molecule has 0 saturated heterocycles. The van der Waals surface area contributed by atoms with Gasteiger partial charge in [0.2, 0.25) is 5.76 Å². The molecule has 0 bridgehead atoms. The first-order valence-electron chi connectivity index (χ1n) is 11.3. The third kappa shape index (κ3) is 5.22. The van der Waals surface area contributed by atoms with Crippen molar-refractivity contribution < 1.29 is 23.4 Å². The Morgan fingerprint density at radius 1 is 1.12 bits per heavy atom. The largest absolute Gasteiger partial charge is 0.483 e. The van der Waals surface area contributed by atoms with Gasteiger partial charge >= 0.3 is 5.97 Å². The molecule has 1 N–H and O–H groups in total. The number of anilines is 1. The van der Waals surface area contributed by atoms with Gasteiger partial charge in [-0.25, -0.2) is 4.79 Å². The van der Waals surface area contributed by atoms with Gasteiger partial charge in [-0.1, -0.05) is 29.8 Å². The summed E-state index contributed by atoms with van der Waals surface area (Å²) in [5, 5.41) is 3.47. The van der Waals surface area contributed by atoms with E-state index in [4.69, 9.17) is 18.6 Å². The van der Waals surface area contributed by atoms with E-state index in [1.54, 1.807) is 12.1 Å². The van der Waals surface area contributed by atoms with Crippen molar-refractivity contribution >= 4 is 11.7 Å². The van der Waals surface area contributed by atoms with Crippen molar-refractivity contribution in [3.8, 4) is 5.75 Å². The first kappa shape index (κ1) is 22.9. The second-order valence-electron chi connectivity index (χ2n) is 9.21. The molecule has 0 spiro atoms. The van der Waals surface area contributed by atoms with E-state index in [1.807, 2.05) is 45.9 Å². The normalized spacial score (nSPS) is 19.0. The van der Waals surface area contributed by atoms with Crippen LogP contribution < -0.4 is 10.1 Å². The Kier molecular flexibility index (Phi) is 6.47. The molecule has 2 unspecified atom stereocenters. The van der Waals surface area contributed by atoms with Crippen LogP contribution in [0.3, 0.4) is 0 Å². The molecule has 33 heavy (non-hydrogen) atoms. The van der Waals surface area contributed by atoms with Crippen LogP contribution in [0.1, 0.15) is 61.0 Å². The second kappa shape index (κ2) is 9.32. The van der Waals surface area contributed by atoms with E-state index in [1.165, 1.54) is 17.4 Å². The highest BCUT2D eigenvalue weighted by Crippen LogP contribution is 2.45. The van der Waals surface area contributed by atoms with Gasteiger partial charge in [0.05, 0.1) is 12.4 Å². The maximum Gasteiger partial charge on any atom is 0.374 e. The van der Waals surface area contributed by atoms with Gasteiger partial charge < -0.3 is 23.9 Å². The van der Waals surface area contributed by atoms with Gasteiger partial charge in [0.1, 0.15) is 17.5 Å². The molecular weight excluding hydrogens is 418 g/mol. The highest BCUT2D eigenvalue weighted by molar-refractivity contribution is 5.86. The predicted molar refractivity (Wildman–Crippen MR) is 127 cm³/mol. The highest BCUT2D eigenvalue weighted by atomic mass is 16.6. The summed E-state index contributed by atoms with van der Waals surface area (Å²) in [5.74, 6) is 0.321. The van der Waals surface area contributed by atoms with E-state index in [0.717, 1.165) is 17.0 Å². The number of benzene rings is 2. The summed E-state index contributed by atoms with van der Waals surface area (Å²) < 4.78 is 23.7. The van der Waals surface area contributed by atoms with Gasteiger partial charge in [0.25, 0.3) is 0 Å². The number of carbonyl (C=O) groups is 1. The molecular formula is C27H31NO5. The number of carbonyl (C=O) groups excluding carboxylic acids is 1. The number of aryl methyl sites for hydroxylation is 1. The summed E-state index contributed by atoms with van der Waals surface area (Å²) in [7, 11) is 0. The van der Waals surface area contributed by atoms with E-state index in [-0.39, 0.29) is 11.9 Å². The van der Waals surface area contributed by atoms with Crippen molar-refractivity contribution in [2.24, 2.45) is 0 Å². The number of hydrogen-bond acceptors (Lipinski definition) is 6. The fourth-order valence-corrected chi connectivity index (χ4v) is 3.96. The topological polar surface area (TPSA) is 69.9 Å². The fourth-order valence-electron chi connectivity index (χ4n) is 3.96. The maximum atomic E-state index is 12.7. The van der Waals surface area contributed by atoms with Crippen LogP contribution in [0, 0.1) is 6.92 Å². The van der Waals surface area contributed by atoms with Crippen LogP contribution in [0.25, 0.3) is 0 Å². The Hall–Kier alpha value is -3.25. The van der Waals surface area contributed by atoms with E-state index in [2.05, 4.69) is 36.5 Å². The van der Waals surface area contributed by atoms with E-state index < -0.39 is 23.8 Å². The Bertz CT molecular complexity index is 1090. The van der Waals surface area contributed by atoms with E-state index in [9.17, 15) is 4.79 Å². The molecule has 6 nitrogen and oxygen atoms in total. The fraction of sp³-hybridized carbons (Fsp3) is 0.370. The SMILES string of the molecule is Cc1ccc(CNc2ccc3c(c2)C(OC(C)C)C(OC(=O)c2ccco2)C(C)(C)O3)cc1. The molecule has 2 heterocycles. The Morgan fingerprint density at radius 3 is 2.55 bits per heavy atom. The summed E-state index contributed by atoms with van der Waals surface area (Å²) in [5.41, 5.74) is 3.40. The maximum absolute atomic E-state index is 12.7. The molecule has 0 radical (unpaired) electrons. The molecule has 1 aliphatic rings. The molecule has 6 heteroatoms. The van der Waals surface area contributed by atoms with Crippen LogP contribution in [0.15, 0.2) is 65.3 Å². The number of fused-ring (bicyclic) bond motifs is 1. The first-order valence-corrected chi connectivity index (χ1v) is 11.3. The van der Waals surface area contributed by atoms with Gasteiger partial charge in [0.15, 0.2) is 6.10 Å². The van der Waals surface area contributed by atoms with Crippen LogP contribution in [-0.2, 0) is 16.0 Å². The van der Waals surface area contributed by atoms with Gasteiger partial charge in [-0.15, -0.1) is 0 Å². The summed E-state index contributed by atoms with van der Waals surface area (Å²) in [6, 6.07) is 17.6. The van der Waals surface area contributed by atoms with Crippen LogP contribution in [-0.4, -0.2) is 23.8 Å². The van der Waals surface area contributed by atoms with Crippen molar-refractivity contribution in [1.82, 2.24) is 0 Å². The van der Waals surface area contributed by atoms with Crippen LogP contribution in [0.4, 0.5) is 5.69 Å². The molecule has 0 fully saturated rings. The minimum atomic E-state index is -0.800. The smallest absolute Gasteiger partial charge is 0.374 e. The highest BCUT2D eigenvalue weighted by Gasteiger charge is 2.48. The standard InChI is InChI=1S/C27H31NO5/c1-17(2)31-24-21-15-20(28-16-19-10-8-18(3)9-11-19)12-13-22(21)33-27(4,5)25(24)32-26(29)23-7-6-14-30-23/h6-15,17,24-25,28H,16H2,1-5H3. The third-order valence-corrected chi connectivity index (χ3v) is 5.64. The number of esters is 1. The lowest BCUT2D eigenvalue weighted by Crippen LogP contribution is -2.52. The van der Waals surface area contributed by atoms with Crippen LogP contribution in [0.5, 0.6) is 5.75 Å². The van der Waals surface area contributed by atoms with Crippen molar-refractivity contribution in [1.29, 1.82) is 0 Å². The zero-order chi connectivity index (χ0) is 23.6. The van der Waals surface area contributed by atoms with Gasteiger partial charge in [0, 0.05) is 17.8 Å². The molecule has 1 aromatic heterocycles. The van der Waals surface area contributed by atoms with Crippen LogP contribution >= 0.6 is 0 Å². The molecule has 0 amide bonds. The minimum Gasteiger partial charge on any atom is -0.483 e. The molecule has 2 aromatic carbocycles. The summed E-state index contributed by atoms with van der Waals surface area (Å²) in [6.07, 6.45) is 0.203. The average molecular weight is 450 g/mol. The number of rotatable bonds is 7. The zero-order valence-corrected chi connectivity index (χ0v) is 19.8. The second-order valence-corrected chi connectivity index (χ2v) is 9.21. The number of furan rings is 1. The van der Waals surface area contributed by atoms with Gasteiger partial charge in [-0.3, -0.25) is 0 Å². The Morgan fingerprint density at radius 2 is 1.88 bits per heavy atom. The Labute approximate surface area is 194 Å². The van der Waals surface area contributed by atoms with Gasteiger partial charge in [-0.05, 0) is 70.5 Å². The minimum absolute atomic E-state index is 0.0780. The van der Waals surface area contributed by atoms with Crippen molar-refractivity contribution in [3.05, 3.63) is 83.3 Å². The number of nitrogens with one attached hydrogen (secondary N) is 1. The molecule has 174 valence electrons. The number of ether oxygens (including phenoxy) is 3.